The summed E-state index contributed by atoms with van der Waals surface area (Å²) in [5.74, 6) is 2.14. The van der Waals surface area contributed by atoms with Crippen molar-refractivity contribution in [3.63, 3.8) is 0 Å². The molecule has 0 saturated heterocycles. The van der Waals surface area contributed by atoms with E-state index in [9.17, 15) is 0 Å². The molecule has 0 nitrogen and oxygen atoms in total. The maximum Gasteiger partial charge on any atom is -0.0318 e. The highest BCUT2D eigenvalue weighted by Gasteiger charge is 2.20. The van der Waals surface area contributed by atoms with Crippen LogP contribution >= 0.6 is 0 Å². The van der Waals surface area contributed by atoms with E-state index in [0.717, 1.165) is 11.8 Å². The zero-order valence-electron chi connectivity index (χ0n) is 13.1. The molecule has 0 amide bonds. The molecule has 0 aromatic heterocycles. The van der Waals surface area contributed by atoms with Crippen LogP contribution in [0.2, 0.25) is 0 Å². The van der Waals surface area contributed by atoms with Crippen molar-refractivity contribution in [1.29, 1.82) is 0 Å². The summed E-state index contributed by atoms with van der Waals surface area (Å²) in [6, 6.07) is 0. The summed E-state index contributed by atoms with van der Waals surface area (Å²) in [7, 11) is 0. The summed E-state index contributed by atoms with van der Waals surface area (Å²) in [4.78, 5) is 0. The lowest BCUT2D eigenvalue weighted by Crippen LogP contribution is -2.14. The van der Waals surface area contributed by atoms with Gasteiger partial charge in [-0.25, -0.2) is 0 Å². The normalized spacial score (nSPS) is 28.2. The molecule has 0 spiro atoms. The van der Waals surface area contributed by atoms with Gasteiger partial charge in [0, 0.05) is 0 Å². The fraction of sp³-hybridized carbons (Fsp3) is 0.895. The van der Waals surface area contributed by atoms with E-state index >= 15 is 0 Å². The molecule has 2 aliphatic carbocycles. The first-order valence-electron chi connectivity index (χ1n) is 9.06. The molecule has 0 unspecified atom stereocenters. The largest absolute Gasteiger partial charge is 0.0853 e. The third-order valence-electron chi connectivity index (χ3n) is 5.44. The third-order valence-corrected chi connectivity index (χ3v) is 5.44. The highest BCUT2D eigenvalue weighted by molar-refractivity contribution is 5.04. The molecule has 0 heteroatoms. The van der Waals surface area contributed by atoms with Crippen LogP contribution in [0.3, 0.4) is 0 Å². The van der Waals surface area contributed by atoms with Crippen LogP contribution in [0.25, 0.3) is 0 Å². The molecular weight excluding hydrogens is 228 g/mol. The molecule has 110 valence electrons. The van der Waals surface area contributed by atoms with E-state index in [0.29, 0.717) is 0 Å². The molecule has 0 aromatic rings. The van der Waals surface area contributed by atoms with Gasteiger partial charge in [-0.15, -0.1) is 0 Å². The monoisotopic (exact) mass is 262 g/mol. The van der Waals surface area contributed by atoms with E-state index in [-0.39, 0.29) is 0 Å². The lowest BCUT2D eigenvalue weighted by atomic mass is 9.77. The van der Waals surface area contributed by atoms with Gasteiger partial charge in [-0.05, 0) is 50.4 Å². The Hall–Kier alpha value is -0.260. The molecule has 1 saturated carbocycles. The summed E-state index contributed by atoms with van der Waals surface area (Å²) in [6.45, 7) is 2.32. The molecule has 1 fully saturated rings. The minimum atomic E-state index is 1.06. The van der Waals surface area contributed by atoms with Crippen LogP contribution in [-0.4, -0.2) is 0 Å². The fourth-order valence-corrected chi connectivity index (χ4v) is 4.01. The van der Waals surface area contributed by atoms with Gasteiger partial charge in [-0.3, -0.25) is 0 Å². The van der Waals surface area contributed by atoms with E-state index in [1.807, 2.05) is 0 Å². The molecule has 0 aromatic carbocycles. The molecule has 0 aliphatic heterocycles. The van der Waals surface area contributed by atoms with Crippen LogP contribution in [0.1, 0.15) is 96.8 Å². The Labute approximate surface area is 121 Å². The fourth-order valence-electron chi connectivity index (χ4n) is 4.01. The molecule has 0 atom stereocenters. The molecule has 0 heterocycles. The molecule has 2 rings (SSSR count). The number of unbranched alkanes of at least 4 members (excludes halogenated alkanes) is 2. The van der Waals surface area contributed by atoms with E-state index in [2.05, 4.69) is 13.0 Å². The van der Waals surface area contributed by atoms with Crippen LogP contribution in [-0.2, 0) is 0 Å². The summed E-state index contributed by atoms with van der Waals surface area (Å²) in [6.07, 6.45) is 23.1. The van der Waals surface area contributed by atoms with Gasteiger partial charge >= 0.3 is 0 Å². The topological polar surface area (TPSA) is 0 Å². The van der Waals surface area contributed by atoms with Crippen LogP contribution in [0.15, 0.2) is 11.6 Å². The third kappa shape index (κ3) is 5.71. The number of rotatable bonds is 7. The van der Waals surface area contributed by atoms with Crippen molar-refractivity contribution >= 4 is 0 Å². The zero-order chi connectivity index (χ0) is 13.3. The van der Waals surface area contributed by atoms with Crippen LogP contribution < -0.4 is 0 Å². The Kier molecular flexibility index (Phi) is 7.03. The van der Waals surface area contributed by atoms with Gasteiger partial charge in [0.15, 0.2) is 0 Å². The van der Waals surface area contributed by atoms with Gasteiger partial charge in [0.05, 0.1) is 0 Å². The van der Waals surface area contributed by atoms with E-state index in [4.69, 9.17) is 0 Å². The Morgan fingerprint density at radius 3 is 2.32 bits per heavy atom. The van der Waals surface area contributed by atoms with Gasteiger partial charge in [-0.1, -0.05) is 69.9 Å². The number of hydrogen-bond donors (Lipinski definition) is 0. The average Bonchev–Trinajstić information content (AvgIpc) is 2.48. The van der Waals surface area contributed by atoms with Crippen molar-refractivity contribution in [2.75, 3.05) is 0 Å². The standard InChI is InChI=1S/C19H34/c1-2-3-5-8-18-12-15-19(16-13-18)14-11-17-9-6-4-7-10-17/h9,18-19H,2-8,10-16H2,1H3. The summed E-state index contributed by atoms with van der Waals surface area (Å²) in [5.41, 5.74) is 1.79. The summed E-state index contributed by atoms with van der Waals surface area (Å²) in [5, 5.41) is 0. The average molecular weight is 262 g/mol. The minimum Gasteiger partial charge on any atom is -0.0853 e. The van der Waals surface area contributed by atoms with Gasteiger partial charge in [0.2, 0.25) is 0 Å². The minimum absolute atomic E-state index is 1.06. The quantitative estimate of drug-likeness (QED) is 0.356. The zero-order valence-corrected chi connectivity index (χ0v) is 13.1. The highest BCUT2D eigenvalue weighted by atomic mass is 14.3. The second kappa shape index (κ2) is 8.82. The lowest BCUT2D eigenvalue weighted by Gasteiger charge is -2.29. The van der Waals surface area contributed by atoms with Gasteiger partial charge in [0.25, 0.3) is 0 Å². The van der Waals surface area contributed by atoms with Crippen LogP contribution in [0.4, 0.5) is 0 Å². The van der Waals surface area contributed by atoms with E-state index < -0.39 is 0 Å². The first kappa shape index (κ1) is 15.1. The Morgan fingerprint density at radius 1 is 0.947 bits per heavy atom. The maximum absolute atomic E-state index is 2.54. The lowest BCUT2D eigenvalue weighted by molar-refractivity contribution is 0.248. The van der Waals surface area contributed by atoms with Crippen LogP contribution in [0.5, 0.6) is 0 Å². The second-order valence-corrected chi connectivity index (χ2v) is 7.03. The Balaban J connectivity index is 1.56. The Bertz CT molecular complexity index is 255. The molecule has 0 radical (unpaired) electrons. The summed E-state index contributed by atoms with van der Waals surface area (Å²) >= 11 is 0. The Morgan fingerprint density at radius 2 is 1.68 bits per heavy atom. The van der Waals surface area contributed by atoms with Crippen molar-refractivity contribution in [1.82, 2.24) is 0 Å². The molecular formula is C19H34. The van der Waals surface area contributed by atoms with Crippen molar-refractivity contribution in [3.05, 3.63) is 11.6 Å². The maximum atomic E-state index is 2.54. The van der Waals surface area contributed by atoms with Gasteiger partial charge < -0.3 is 0 Å². The van der Waals surface area contributed by atoms with E-state index in [1.54, 1.807) is 5.57 Å². The van der Waals surface area contributed by atoms with Crippen molar-refractivity contribution < 1.29 is 0 Å². The summed E-state index contributed by atoms with van der Waals surface area (Å²) < 4.78 is 0. The van der Waals surface area contributed by atoms with Crippen molar-refractivity contribution in [2.45, 2.75) is 96.8 Å². The van der Waals surface area contributed by atoms with Crippen molar-refractivity contribution in [3.8, 4) is 0 Å². The molecule has 19 heavy (non-hydrogen) atoms. The predicted octanol–water partition coefficient (Wildman–Crippen LogP) is 6.65. The smallest absolute Gasteiger partial charge is 0.0318 e. The SMILES string of the molecule is CCCCCC1CCC(CCC2=CCCCC2)CC1. The predicted molar refractivity (Wildman–Crippen MR) is 85.4 cm³/mol. The molecule has 0 N–H and O–H groups in total. The second-order valence-electron chi connectivity index (χ2n) is 7.03. The van der Waals surface area contributed by atoms with Gasteiger partial charge in [-0.2, -0.15) is 0 Å². The van der Waals surface area contributed by atoms with Gasteiger partial charge in [0.1, 0.15) is 0 Å². The van der Waals surface area contributed by atoms with E-state index in [1.165, 1.54) is 89.9 Å². The number of allylic oxidation sites excluding steroid dienone is 2. The molecule has 0 bridgehead atoms. The molecule has 2 aliphatic rings. The first-order valence-corrected chi connectivity index (χ1v) is 9.06. The van der Waals surface area contributed by atoms with Crippen molar-refractivity contribution in [2.24, 2.45) is 11.8 Å². The van der Waals surface area contributed by atoms with Crippen LogP contribution in [0, 0.1) is 11.8 Å². The number of hydrogen-bond acceptors (Lipinski definition) is 0. The highest BCUT2D eigenvalue weighted by Crippen LogP contribution is 2.35. The first-order chi connectivity index (χ1) is 9.38.